The predicted octanol–water partition coefficient (Wildman–Crippen LogP) is -0.0956. The van der Waals surface area contributed by atoms with Crippen LogP contribution in [0.3, 0.4) is 0 Å². The minimum absolute atomic E-state index is 0.162. The van der Waals surface area contributed by atoms with Gasteiger partial charge in [-0.05, 0) is 25.9 Å². The van der Waals surface area contributed by atoms with Gasteiger partial charge in [-0.3, -0.25) is 0 Å². The number of carbonyl (C=O) groups excluding carboxylic acids is 3. The molecule has 0 aliphatic rings. The van der Waals surface area contributed by atoms with Crippen LogP contribution in [-0.4, -0.2) is 33.0 Å². The van der Waals surface area contributed by atoms with Gasteiger partial charge in [0.05, 0.1) is 6.61 Å². The Labute approximate surface area is 112 Å². The summed E-state index contributed by atoms with van der Waals surface area (Å²) in [6.07, 6.45) is 0.461. The molecule has 0 fully saturated rings. The van der Waals surface area contributed by atoms with Crippen molar-refractivity contribution in [1.29, 1.82) is 0 Å². The second-order valence-corrected chi connectivity index (χ2v) is 7.99. The van der Waals surface area contributed by atoms with Gasteiger partial charge in [0.2, 0.25) is 0 Å². The quantitative estimate of drug-likeness (QED) is 0.225. The molecular formula is C10H20N4O4Si. The maximum Gasteiger partial charge on any atom is 0.333 e. The van der Waals surface area contributed by atoms with Crippen molar-refractivity contribution < 1.29 is 19.1 Å². The van der Waals surface area contributed by atoms with E-state index in [9.17, 15) is 14.4 Å². The Morgan fingerprint density at radius 3 is 2.05 bits per heavy atom. The minimum Gasteiger partial charge on any atom is -0.462 e. The smallest absolute Gasteiger partial charge is 0.333 e. The Morgan fingerprint density at radius 1 is 1.21 bits per heavy atom. The molecule has 0 unspecified atom stereocenters. The van der Waals surface area contributed by atoms with E-state index < -0.39 is 26.4 Å². The number of ether oxygens (including phenoxy) is 1. The van der Waals surface area contributed by atoms with Crippen molar-refractivity contribution in [1.82, 2.24) is 9.96 Å². The molecule has 0 saturated carbocycles. The molecule has 0 saturated heterocycles. The van der Waals surface area contributed by atoms with Crippen molar-refractivity contribution in [3.05, 3.63) is 12.2 Å². The molecule has 0 atom stereocenters. The molecular weight excluding hydrogens is 268 g/mol. The highest BCUT2D eigenvalue weighted by atomic mass is 28.3. The van der Waals surface area contributed by atoms with Crippen molar-refractivity contribution in [3.8, 4) is 0 Å². The van der Waals surface area contributed by atoms with Crippen molar-refractivity contribution in [2.45, 2.75) is 25.9 Å². The number of carbonyl (C=O) groups is 3. The van der Waals surface area contributed by atoms with Gasteiger partial charge in [-0.25, -0.2) is 14.4 Å². The molecule has 0 aromatic rings. The Morgan fingerprint density at radius 2 is 1.68 bits per heavy atom. The Balaban J connectivity index is 4.27. The molecule has 0 radical (unpaired) electrons. The molecule has 108 valence electrons. The third-order valence-corrected chi connectivity index (χ3v) is 5.15. The van der Waals surface area contributed by atoms with Crippen molar-refractivity contribution in [3.63, 3.8) is 0 Å². The molecule has 6 N–H and O–H groups in total. The average Bonchev–Trinajstić information content (AvgIpc) is 2.21. The molecule has 0 bridgehead atoms. The zero-order chi connectivity index (χ0) is 15.1. The van der Waals surface area contributed by atoms with Crippen LogP contribution in [0.5, 0.6) is 0 Å². The first-order valence-corrected chi connectivity index (χ1v) is 8.35. The van der Waals surface area contributed by atoms with Gasteiger partial charge in [-0.15, -0.1) is 0 Å². The van der Waals surface area contributed by atoms with Crippen LogP contribution in [-0.2, 0) is 9.53 Å². The maximum absolute atomic E-state index is 11.1. The van der Waals surface area contributed by atoms with Crippen molar-refractivity contribution >= 4 is 26.4 Å². The third-order valence-electron chi connectivity index (χ3n) is 2.20. The summed E-state index contributed by atoms with van der Waals surface area (Å²) in [5.74, 6) is -0.478. The number of esters is 1. The average molecular weight is 288 g/mol. The van der Waals surface area contributed by atoms with Gasteiger partial charge in [-0.1, -0.05) is 6.58 Å². The van der Waals surface area contributed by atoms with Gasteiger partial charge in [0.1, 0.15) is 0 Å². The topological polar surface area (TPSA) is 137 Å². The van der Waals surface area contributed by atoms with Crippen LogP contribution in [0.1, 0.15) is 13.3 Å². The zero-order valence-electron chi connectivity index (χ0n) is 11.1. The predicted molar refractivity (Wildman–Crippen MR) is 72.3 cm³/mol. The van der Waals surface area contributed by atoms with Gasteiger partial charge in [0.15, 0.2) is 0 Å². The first kappa shape index (κ1) is 17.0. The lowest BCUT2D eigenvalue weighted by Gasteiger charge is -2.26. The van der Waals surface area contributed by atoms with Crippen LogP contribution in [0.4, 0.5) is 9.59 Å². The fraction of sp³-hybridized carbons (Fsp3) is 0.500. The van der Waals surface area contributed by atoms with E-state index in [1.165, 1.54) is 0 Å². The summed E-state index contributed by atoms with van der Waals surface area (Å²) < 4.78 is 4.90. The van der Waals surface area contributed by atoms with Gasteiger partial charge >= 0.3 is 18.0 Å². The number of rotatable bonds is 7. The molecule has 19 heavy (non-hydrogen) atoms. The molecule has 0 aliphatic carbocycles. The second kappa shape index (κ2) is 7.41. The number of nitrogens with two attached hydrogens (primary N) is 2. The van der Waals surface area contributed by atoms with E-state index in [-0.39, 0.29) is 6.61 Å². The molecule has 0 aromatic heterocycles. The van der Waals surface area contributed by atoms with Crippen molar-refractivity contribution in [2.24, 2.45) is 11.5 Å². The highest BCUT2D eigenvalue weighted by Crippen LogP contribution is 2.06. The lowest BCUT2D eigenvalue weighted by molar-refractivity contribution is -0.138. The number of nitrogens with one attached hydrogen (secondary N) is 2. The highest BCUT2D eigenvalue weighted by Gasteiger charge is 2.31. The Bertz CT molecular complexity index is 370. The normalized spacial score (nSPS) is 10.4. The van der Waals surface area contributed by atoms with Crippen LogP contribution in [0.25, 0.3) is 0 Å². The first-order valence-electron chi connectivity index (χ1n) is 5.64. The molecule has 0 spiro atoms. The summed E-state index contributed by atoms with van der Waals surface area (Å²) >= 11 is 0. The summed E-state index contributed by atoms with van der Waals surface area (Å²) in [4.78, 5) is 37.9. The standard InChI is InChI=1S/C10H20N4O4Si/c1-7(2)8(15)18-5-4-6-19(3,13-9(11)16)14-10(12)17/h1,4-6H2,2-3H3,(H3,11,13,16)(H3,12,14,17). The largest absolute Gasteiger partial charge is 0.462 e. The third kappa shape index (κ3) is 7.81. The minimum atomic E-state index is -2.64. The molecule has 4 amide bonds. The molecule has 0 rings (SSSR count). The van der Waals surface area contributed by atoms with Crippen molar-refractivity contribution in [2.75, 3.05) is 6.61 Å². The molecule has 0 heterocycles. The molecule has 9 heteroatoms. The summed E-state index contributed by atoms with van der Waals surface area (Å²) in [7, 11) is -2.64. The van der Waals surface area contributed by atoms with Gasteiger partial charge in [-0.2, -0.15) is 0 Å². The molecule has 0 aliphatic heterocycles. The number of urea groups is 2. The number of hydrogen-bond donors (Lipinski definition) is 4. The van der Waals surface area contributed by atoms with E-state index in [2.05, 4.69) is 16.5 Å². The summed E-state index contributed by atoms with van der Waals surface area (Å²) in [5, 5.41) is 0. The van der Waals surface area contributed by atoms with Crippen LogP contribution < -0.4 is 21.4 Å². The zero-order valence-corrected chi connectivity index (χ0v) is 12.1. The SMILES string of the molecule is C=C(C)C(=O)OCCC[Si](C)(NC(N)=O)NC(N)=O. The fourth-order valence-corrected chi connectivity index (χ4v) is 3.67. The lowest BCUT2D eigenvalue weighted by Crippen LogP contribution is -2.65. The first-order chi connectivity index (χ1) is 8.66. The second-order valence-electron chi connectivity index (χ2n) is 4.33. The summed E-state index contributed by atoms with van der Waals surface area (Å²) in [6, 6.07) is -1.04. The maximum atomic E-state index is 11.1. The van der Waals surface area contributed by atoms with E-state index in [1.54, 1.807) is 13.5 Å². The number of amides is 4. The van der Waals surface area contributed by atoms with E-state index in [1.807, 2.05) is 0 Å². The van der Waals surface area contributed by atoms with Crippen LogP contribution in [0, 0.1) is 0 Å². The van der Waals surface area contributed by atoms with Gasteiger partial charge in [0, 0.05) is 5.57 Å². The highest BCUT2D eigenvalue weighted by molar-refractivity contribution is 6.77. The summed E-state index contributed by atoms with van der Waals surface area (Å²) in [6.45, 7) is 6.84. The van der Waals surface area contributed by atoms with E-state index in [4.69, 9.17) is 16.2 Å². The number of primary amides is 2. The van der Waals surface area contributed by atoms with E-state index in [0.717, 1.165) is 0 Å². The fourth-order valence-electron chi connectivity index (χ4n) is 1.41. The van der Waals surface area contributed by atoms with Crippen LogP contribution in [0.15, 0.2) is 12.2 Å². The lowest BCUT2D eigenvalue weighted by atomic mass is 10.4. The van der Waals surface area contributed by atoms with E-state index in [0.29, 0.717) is 18.0 Å². The monoisotopic (exact) mass is 288 g/mol. The Hall–Kier alpha value is -2.03. The van der Waals surface area contributed by atoms with E-state index >= 15 is 0 Å². The van der Waals surface area contributed by atoms with Gasteiger partial charge in [0.25, 0.3) is 8.40 Å². The Kier molecular flexibility index (Phi) is 6.62. The number of hydrogen-bond acceptors (Lipinski definition) is 4. The van der Waals surface area contributed by atoms with Crippen LogP contribution >= 0.6 is 0 Å². The molecule has 8 nitrogen and oxygen atoms in total. The van der Waals surface area contributed by atoms with Crippen LogP contribution in [0.2, 0.25) is 12.6 Å². The van der Waals surface area contributed by atoms with Gasteiger partial charge < -0.3 is 26.2 Å². The summed E-state index contributed by atoms with van der Waals surface area (Å²) in [5.41, 5.74) is 10.4. The molecule has 0 aromatic carbocycles.